The summed E-state index contributed by atoms with van der Waals surface area (Å²) in [6.07, 6.45) is 2.88. The van der Waals surface area contributed by atoms with E-state index >= 15 is 0 Å². The zero-order valence-corrected chi connectivity index (χ0v) is 12.0. The van der Waals surface area contributed by atoms with Crippen molar-refractivity contribution in [1.82, 2.24) is 10.3 Å². The van der Waals surface area contributed by atoms with Crippen LogP contribution >= 0.6 is 11.3 Å². The molecule has 1 aromatic carbocycles. The second kappa shape index (κ2) is 5.31. The average Bonchev–Trinajstić information content (AvgIpc) is 3.09. The highest BCUT2D eigenvalue weighted by molar-refractivity contribution is 7.09. The van der Waals surface area contributed by atoms with Gasteiger partial charge in [-0.05, 0) is 31.0 Å². The Labute approximate surface area is 117 Å². The molecule has 2 heterocycles. The average molecular weight is 274 g/mol. The van der Waals surface area contributed by atoms with Crippen molar-refractivity contribution in [2.24, 2.45) is 0 Å². The lowest BCUT2D eigenvalue weighted by Gasteiger charge is -2.19. The largest absolute Gasteiger partial charge is 0.493 e. The molecule has 1 N–H and O–H groups in total. The third-order valence-electron chi connectivity index (χ3n) is 3.54. The summed E-state index contributed by atoms with van der Waals surface area (Å²) in [5.41, 5.74) is 2.64. The molecule has 4 heteroatoms. The Balaban J connectivity index is 1.72. The van der Waals surface area contributed by atoms with Gasteiger partial charge in [-0.3, -0.25) is 0 Å². The highest BCUT2D eigenvalue weighted by Crippen LogP contribution is 2.29. The number of ether oxygens (including phenoxy) is 1. The summed E-state index contributed by atoms with van der Waals surface area (Å²) in [5, 5.41) is 6.75. The fraction of sp³-hybridized carbons (Fsp3) is 0.400. The van der Waals surface area contributed by atoms with Crippen molar-refractivity contribution >= 4 is 11.3 Å². The molecule has 0 saturated carbocycles. The Morgan fingerprint density at radius 3 is 3.00 bits per heavy atom. The van der Waals surface area contributed by atoms with Crippen LogP contribution < -0.4 is 10.1 Å². The molecule has 3 rings (SSSR count). The summed E-state index contributed by atoms with van der Waals surface area (Å²) in [6.45, 7) is 5.17. The molecule has 2 aromatic rings. The zero-order chi connectivity index (χ0) is 13.2. The van der Waals surface area contributed by atoms with Crippen LogP contribution in [0.25, 0.3) is 0 Å². The number of benzene rings is 1. The topological polar surface area (TPSA) is 34.2 Å². The summed E-state index contributed by atoms with van der Waals surface area (Å²) in [6, 6.07) is 7.08. The number of fused-ring (bicyclic) bond motifs is 1. The van der Waals surface area contributed by atoms with Crippen LogP contribution in [-0.2, 0) is 6.42 Å². The molecule has 0 fully saturated rings. The van der Waals surface area contributed by atoms with Crippen molar-refractivity contribution in [2.75, 3.05) is 6.61 Å². The SMILES string of the molecule is CC(NC(C)c1nccs1)c1ccc2c(c1)CCO2. The van der Waals surface area contributed by atoms with Gasteiger partial charge in [-0.25, -0.2) is 4.98 Å². The first-order chi connectivity index (χ1) is 9.24. The van der Waals surface area contributed by atoms with Crippen LogP contribution in [0.15, 0.2) is 29.8 Å². The van der Waals surface area contributed by atoms with Crippen LogP contribution in [0.2, 0.25) is 0 Å². The van der Waals surface area contributed by atoms with Crippen molar-refractivity contribution in [1.29, 1.82) is 0 Å². The molecule has 0 bridgehead atoms. The monoisotopic (exact) mass is 274 g/mol. The molecule has 2 atom stereocenters. The maximum Gasteiger partial charge on any atom is 0.122 e. The molecule has 2 unspecified atom stereocenters. The Morgan fingerprint density at radius 2 is 2.21 bits per heavy atom. The third-order valence-corrected chi connectivity index (χ3v) is 4.49. The van der Waals surface area contributed by atoms with E-state index in [1.807, 2.05) is 11.6 Å². The number of hydrogen-bond donors (Lipinski definition) is 1. The van der Waals surface area contributed by atoms with Gasteiger partial charge < -0.3 is 10.1 Å². The lowest BCUT2D eigenvalue weighted by Crippen LogP contribution is -2.22. The summed E-state index contributed by atoms with van der Waals surface area (Å²) in [5.74, 6) is 1.05. The number of nitrogens with zero attached hydrogens (tertiary/aromatic N) is 1. The van der Waals surface area contributed by atoms with E-state index in [2.05, 4.69) is 42.3 Å². The first-order valence-corrected chi connectivity index (χ1v) is 7.53. The molecule has 19 heavy (non-hydrogen) atoms. The van der Waals surface area contributed by atoms with E-state index in [1.165, 1.54) is 11.1 Å². The summed E-state index contributed by atoms with van der Waals surface area (Å²) >= 11 is 1.69. The smallest absolute Gasteiger partial charge is 0.122 e. The second-order valence-electron chi connectivity index (χ2n) is 4.95. The van der Waals surface area contributed by atoms with Crippen molar-refractivity contribution in [3.8, 4) is 5.75 Å². The summed E-state index contributed by atoms with van der Waals surface area (Å²) in [4.78, 5) is 4.36. The maximum absolute atomic E-state index is 5.54. The second-order valence-corrected chi connectivity index (χ2v) is 5.87. The molecule has 0 aliphatic carbocycles. The number of aromatic nitrogens is 1. The number of rotatable bonds is 4. The van der Waals surface area contributed by atoms with Gasteiger partial charge >= 0.3 is 0 Å². The number of hydrogen-bond acceptors (Lipinski definition) is 4. The number of nitrogens with one attached hydrogen (secondary N) is 1. The van der Waals surface area contributed by atoms with Crippen molar-refractivity contribution < 1.29 is 4.74 Å². The van der Waals surface area contributed by atoms with Gasteiger partial charge in [0.15, 0.2) is 0 Å². The fourth-order valence-electron chi connectivity index (χ4n) is 2.47. The molecule has 0 spiro atoms. The van der Waals surface area contributed by atoms with Crippen LogP contribution in [0, 0.1) is 0 Å². The molecule has 1 aliphatic rings. The molecular formula is C15H18N2OS. The molecule has 100 valence electrons. The van der Waals surface area contributed by atoms with Crippen LogP contribution in [0.3, 0.4) is 0 Å². The van der Waals surface area contributed by atoms with Crippen molar-refractivity contribution in [3.63, 3.8) is 0 Å². The summed E-state index contributed by atoms with van der Waals surface area (Å²) < 4.78 is 5.54. The maximum atomic E-state index is 5.54. The van der Waals surface area contributed by atoms with Crippen LogP contribution in [-0.4, -0.2) is 11.6 Å². The van der Waals surface area contributed by atoms with E-state index in [1.54, 1.807) is 11.3 Å². The molecular weight excluding hydrogens is 256 g/mol. The molecule has 0 radical (unpaired) electrons. The van der Waals surface area contributed by atoms with Crippen LogP contribution in [0.4, 0.5) is 0 Å². The normalized spacial score (nSPS) is 16.7. The molecule has 3 nitrogen and oxygen atoms in total. The Bertz CT molecular complexity index is 553. The fourth-order valence-corrected chi connectivity index (χ4v) is 3.12. The Hall–Kier alpha value is -1.39. The minimum Gasteiger partial charge on any atom is -0.493 e. The lowest BCUT2D eigenvalue weighted by atomic mass is 10.0. The van der Waals surface area contributed by atoms with E-state index < -0.39 is 0 Å². The molecule has 1 aliphatic heterocycles. The van der Waals surface area contributed by atoms with Crippen molar-refractivity contribution in [3.05, 3.63) is 45.9 Å². The first kappa shape index (κ1) is 12.6. The van der Waals surface area contributed by atoms with Gasteiger partial charge in [0.1, 0.15) is 10.8 Å². The zero-order valence-electron chi connectivity index (χ0n) is 11.2. The van der Waals surface area contributed by atoms with Gasteiger partial charge in [0, 0.05) is 24.0 Å². The van der Waals surface area contributed by atoms with E-state index in [4.69, 9.17) is 4.74 Å². The lowest BCUT2D eigenvalue weighted by molar-refractivity contribution is 0.356. The van der Waals surface area contributed by atoms with E-state index in [-0.39, 0.29) is 6.04 Å². The first-order valence-electron chi connectivity index (χ1n) is 6.65. The minimum atomic E-state index is 0.277. The molecule has 0 saturated heterocycles. The van der Waals surface area contributed by atoms with Crippen molar-refractivity contribution in [2.45, 2.75) is 32.4 Å². The predicted octanol–water partition coefficient (Wildman–Crippen LogP) is 3.49. The third kappa shape index (κ3) is 2.65. The highest BCUT2D eigenvalue weighted by atomic mass is 32.1. The standard InChI is InChI=1S/C15H18N2OS/c1-10(17-11(2)15-16-6-8-19-15)12-3-4-14-13(9-12)5-7-18-14/h3-4,6,8-11,17H,5,7H2,1-2H3. The molecule has 1 aromatic heterocycles. The number of thiazole rings is 1. The van der Waals surface area contributed by atoms with Gasteiger partial charge in [-0.1, -0.05) is 12.1 Å². The highest BCUT2D eigenvalue weighted by Gasteiger charge is 2.16. The van der Waals surface area contributed by atoms with Gasteiger partial charge in [0.05, 0.1) is 12.6 Å². The quantitative estimate of drug-likeness (QED) is 0.926. The van der Waals surface area contributed by atoms with Crippen LogP contribution in [0.1, 0.15) is 42.1 Å². The van der Waals surface area contributed by atoms with Crippen LogP contribution in [0.5, 0.6) is 5.75 Å². The minimum absolute atomic E-state index is 0.277. The Kier molecular flexibility index (Phi) is 3.53. The van der Waals surface area contributed by atoms with E-state index in [0.29, 0.717) is 6.04 Å². The van der Waals surface area contributed by atoms with Gasteiger partial charge in [-0.15, -0.1) is 11.3 Å². The van der Waals surface area contributed by atoms with Gasteiger partial charge in [0.2, 0.25) is 0 Å². The van der Waals surface area contributed by atoms with Gasteiger partial charge in [-0.2, -0.15) is 0 Å². The summed E-state index contributed by atoms with van der Waals surface area (Å²) in [7, 11) is 0. The Morgan fingerprint density at radius 1 is 1.32 bits per heavy atom. The van der Waals surface area contributed by atoms with Gasteiger partial charge in [0.25, 0.3) is 0 Å². The predicted molar refractivity (Wildman–Crippen MR) is 77.7 cm³/mol. The van der Waals surface area contributed by atoms with E-state index in [9.17, 15) is 0 Å². The van der Waals surface area contributed by atoms with E-state index in [0.717, 1.165) is 23.8 Å². The molecule has 0 amide bonds.